The summed E-state index contributed by atoms with van der Waals surface area (Å²) in [5.74, 6) is 0. The van der Waals surface area contributed by atoms with E-state index in [-0.39, 0.29) is 39.1 Å². The van der Waals surface area contributed by atoms with Gasteiger partial charge >= 0.3 is 0 Å². The topological polar surface area (TPSA) is 3.24 Å². The first-order valence-corrected chi connectivity index (χ1v) is 15.6. The van der Waals surface area contributed by atoms with Crippen LogP contribution in [0.5, 0.6) is 0 Å². The molecule has 8 rings (SSSR count). The summed E-state index contributed by atoms with van der Waals surface area (Å²) >= 11 is 0. The van der Waals surface area contributed by atoms with Crippen molar-refractivity contribution in [2.75, 3.05) is 4.90 Å². The van der Waals surface area contributed by atoms with E-state index < -0.39 is 84.6 Å². The van der Waals surface area contributed by atoms with Gasteiger partial charge in [0, 0.05) is 17.1 Å². The summed E-state index contributed by atoms with van der Waals surface area (Å²) in [5, 5.41) is 0. The number of anilines is 3. The van der Waals surface area contributed by atoms with Gasteiger partial charge in [-0.1, -0.05) is 170 Å². The highest BCUT2D eigenvalue weighted by molar-refractivity contribution is 5.88. The van der Waals surface area contributed by atoms with Crippen molar-refractivity contribution in [1.29, 1.82) is 0 Å². The van der Waals surface area contributed by atoms with Crippen LogP contribution in [0.2, 0.25) is 0 Å². The van der Waals surface area contributed by atoms with Gasteiger partial charge in [-0.25, -0.2) is 0 Å². The van der Waals surface area contributed by atoms with Crippen LogP contribution in [0.15, 0.2) is 212 Å². The Bertz CT molecular complexity index is 2910. The van der Waals surface area contributed by atoms with E-state index in [9.17, 15) is 5.48 Å². The normalized spacial score (nSPS) is 14.9. The molecule has 0 amide bonds. The smallest absolute Gasteiger partial charge is 0.0645 e. The van der Waals surface area contributed by atoms with Crippen molar-refractivity contribution in [3.63, 3.8) is 0 Å². The molecule has 0 spiro atoms. The Morgan fingerprint density at radius 1 is 0.286 bits per heavy atom. The predicted molar refractivity (Wildman–Crippen MR) is 208 cm³/mol. The number of hydrogen-bond donors (Lipinski definition) is 0. The van der Waals surface area contributed by atoms with Crippen LogP contribution in [0.1, 0.15) is 19.2 Å². The van der Waals surface area contributed by atoms with E-state index in [1.54, 1.807) is 4.90 Å². The summed E-state index contributed by atoms with van der Waals surface area (Å²) in [6.07, 6.45) is 0. The van der Waals surface area contributed by atoms with Gasteiger partial charge in [-0.3, -0.25) is 0 Å². The van der Waals surface area contributed by atoms with Crippen LogP contribution in [0.4, 0.5) is 17.1 Å². The highest BCUT2D eigenvalue weighted by Crippen LogP contribution is 2.39. The molecule has 0 aliphatic carbocycles. The molecule has 0 aromatic heterocycles. The molecule has 0 N–H and O–H groups in total. The fourth-order valence-electron chi connectivity index (χ4n) is 5.73. The third-order valence-electron chi connectivity index (χ3n) is 8.15. The summed E-state index contributed by atoms with van der Waals surface area (Å²) in [5.41, 5.74) is 3.93. The van der Waals surface area contributed by atoms with Crippen molar-refractivity contribution in [1.82, 2.24) is 0 Å². The lowest BCUT2D eigenvalue weighted by atomic mass is 9.91. The van der Waals surface area contributed by atoms with E-state index in [1.807, 2.05) is 109 Å². The molecule has 0 bridgehead atoms. The monoisotopic (exact) mass is 639 g/mol. The Morgan fingerprint density at radius 2 is 0.714 bits per heavy atom. The van der Waals surface area contributed by atoms with Crippen LogP contribution in [0.3, 0.4) is 0 Å². The number of rotatable bonds is 8. The van der Waals surface area contributed by atoms with Gasteiger partial charge in [0.05, 0.1) is 19.2 Å². The van der Waals surface area contributed by atoms with Gasteiger partial charge < -0.3 is 4.90 Å². The summed E-state index contributed by atoms with van der Waals surface area (Å²) in [4.78, 5) is 1.66. The maximum atomic E-state index is 9.50. The average Bonchev–Trinajstić information content (AvgIpc) is 3.31. The van der Waals surface area contributed by atoms with Crippen molar-refractivity contribution < 1.29 is 19.2 Å². The van der Waals surface area contributed by atoms with Crippen LogP contribution in [-0.2, 0) is 0 Å². The second kappa shape index (κ2) is 13.7. The molecule has 49 heavy (non-hydrogen) atoms. The lowest BCUT2D eigenvalue weighted by molar-refractivity contribution is 1.28. The van der Waals surface area contributed by atoms with Crippen LogP contribution in [-0.4, -0.2) is 0 Å². The van der Waals surface area contributed by atoms with E-state index in [2.05, 4.69) is 0 Å². The number of benzene rings is 8. The Morgan fingerprint density at radius 3 is 1.20 bits per heavy atom. The van der Waals surface area contributed by atoms with Gasteiger partial charge in [0.25, 0.3) is 0 Å². The lowest BCUT2D eigenvalue weighted by Crippen LogP contribution is -2.09. The second-order valence-electron chi connectivity index (χ2n) is 11.1. The second-order valence-corrected chi connectivity index (χ2v) is 11.1. The van der Waals surface area contributed by atoms with Crippen LogP contribution in [0, 0.1) is 0 Å². The zero-order valence-corrected chi connectivity index (χ0v) is 26.1. The van der Waals surface area contributed by atoms with Crippen molar-refractivity contribution in [3.05, 3.63) is 212 Å². The molecule has 232 valence electrons. The van der Waals surface area contributed by atoms with Crippen molar-refractivity contribution in [2.45, 2.75) is 0 Å². The summed E-state index contributed by atoms with van der Waals surface area (Å²) < 4.78 is 123. The standard InChI is InChI=1S/C48H35N/c1-5-13-36(14-6-1)38-21-28-44(29-22-38)49(45-30-23-39(24-31-45)37-15-7-2-8-16-37)46-32-25-40(26-33-46)43-27-34-47(41-17-9-3-10-18-41)48(35-43)42-19-11-4-12-20-42/h1-35H/i3D,4D,9D,10D,11D,12D,17D,18D,19D,20D,25D,26D,32D,33D. The molecule has 0 saturated heterocycles. The lowest BCUT2D eigenvalue weighted by Gasteiger charge is -2.26. The van der Waals surface area contributed by atoms with Crippen molar-refractivity contribution >= 4 is 17.1 Å². The SMILES string of the molecule is [2H]c1c([2H])c([2H])c(-c2ccc(-c3c([2H])c([2H])c(N(c4ccc(-c5ccccc5)cc4)c4ccc(-c5ccccc5)cc4)c([2H])c3[2H])cc2-c2c([2H])c([2H])c([2H])c([2H])c2[2H])c([2H])c1[2H]. The van der Waals surface area contributed by atoms with Gasteiger partial charge in [-0.2, -0.15) is 0 Å². The molecule has 8 aromatic rings. The van der Waals surface area contributed by atoms with Gasteiger partial charge in [0.2, 0.25) is 0 Å². The minimum absolute atomic E-state index is 0.0461. The summed E-state index contributed by atoms with van der Waals surface area (Å²) in [6, 6.07) is 30.5. The molecule has 8 aromatic carbocycles. The third kappa shape index (κ3) is 6.43. The molecule has 0 atom stereocenters. The first-order valence-electron chi connectivity index (χ1n) is 22.6. The highest BCUT2D eigenvalue weighted by Gasteiger charge is 2.15. The summed E-state index contributed by atoms with van der Waals surface area (Å²) in [6.45, 7) is 0. The van der Waals surface area contributed by atoms with E-state index >= 15 is 0 Å². The molecule has 0 aliphatic heterocycles. The maximum Gasteiger partial charge on any atom is 0.0645 e. The van der Waals surface area contributed by atoms with Gasteiger partial charge in [0.1, 0.15) is 0 Å². The molecule has 0 radical (unpaired) electrons. The van der Waals surface area contributed by atoms with Gasteiger partial charge in [0.15, 0.2) is 0 Å². The Balaban J connectivity index is 1.35. The van der Waals surface area contributed by atoms with Gasteiger partial charge in [-0.15, -0.1) is 0 Å². The van der Waals surface area contributed by atoms with E-state index in [4.69, 9.17) is 13.7 Å². The zero-order chi connectivity index (χ0) is 45.0. The molecule has 0 fully saturated rings. The Kier molecular flexibility index (Phi) is 5.10. The maximum absolute atomic E-state index is 9.50. The van der Waals surface area contributed by atoms with Crippen LogP contribution in [0.25, 0.3) is 55.6 Å². The average molecular weight is 640 g/mol. The minimum Gasteiger partial charge on any atom is -0.311 e. The first-order chi connectivity index (χ1) is 30.1. The van der Waals surface area contributed by atoms with Crippen LogP contribution >= 0.6 is 0 Å². The Labute approximate surface area is 308 Å². The molecule has 0 heterocycles. The largest absolute Gasteiger partial charge is 0.311 e. The highest BCUT2D eigenvalue weighted by atomic mass is 15.1. The van der Waals surface area contributed by atoms with E-state index in [0.29, 0.717) is 11.4 Å². The molecule has 1 nitrogen and oxygen atoms in total. The molecular formula is C48H35N. The predicted octanol–water partition coefficient (Wildman–Crippen LogP) is 13.5. The zero-order valence-electron chi connectivity index (χ0n) is 40.1. The fraction of sp³-hybridized carbons (Fsp3) is 0. The summed E-state index contributed by atoms with van der Waals surface area (Å²) in [7, 11) is 0. The van der Waals surface area contributed by atoms with Crippen molar-refractivity contribution in [3.8, 4) is 55.6 Å². The van der Waals surface area contributed by atoms with Crippen molar-refractivity contribution in [2.24, 2.45) is 0 Å². The third-order valence-corrected chi connectivity index (χ3v) is 8.15. The number of hydrogen-bond acceptors (Lipinski definition) is 1. The van der Waals surface area contributed by atoms with Gasteiger partial charge in [-0.05, 0) is 98.1 Å². The van der Waals surface area contributed by atoms with E-state index in [1.165, 1.54) is 18.2 Å². The first kappa shape index (κ1) is 18.2. The molecular weight excluding hydrogens is 591 g/mol. The molecule has 0 saturated carbocycles. The molecule has 1 heteroatoms. The van der Waals surface area contributed by atoms with E-state index in [0.717, 1.165) is 22.3 Å². The quantitative estimate of drug-likeness (QED) is 0.160. The molecule has 0 aliphatic rings. The minimum atomic E-state index is -0.675. The Hall–Kier alpha value is -6.44. The number of nitrogens with zero attached hydrogens (tertiary/aromatic N) is 1. The molecule has 0 unspecified atom stereocenters. The fourth-order valence-corrected chi connectivity index (χ4v) is 5.73. The van der Waals surface area contributed by atoms with Crippen LogP contribution < -0.4 is 4.90 Å².